The standard InChI is InChI=1S/C11H16N2O5/c1-6-10(15)12-9(14)5-13(6)4-7-2-3-8(18-7)11(16)17/h6-8H,2-5H2,1H3,(H,16,17)(H,12,14,15). The molecule has 0 spiro atoms. The molecule has 7 heteroatoms. The fourth-order valence-corrected chi connectivity index (χ4v) is 2.27. The monoisotopic (exact) mass is 256 g/mol. The molecule has 7 nitrogen and oxygen atoms in total. The fourth-order valence-electron chi connectivity index (χ4n) is 2.27. The van der Waals surface area contributed by atoms with Crippen molar-refractivity contribution < 1.29 is 24.2 Å². The van der Waals surface area contributed by atoms with Crippen molar-refractivity contribution in [2.45, 2.75) is 38.0 Å². The molecule has 0 aromatic heterocycles. The number of carboxylic acids is 1. The van der Waals surface area contributed by atoms with Gasteiger partial charge in [0.25, 0.3) is 0 Å². The van der Waals surface area contributed by atoms with Crippen molar-refractivity contribution in [2.75, 3.05) is 13.1 Å². The Labute approximate surface area is 104 Å². The van der Waals surface area contributed by atoms with Crippen LogP contribution in [0.25, 0.3) is 0 Å². The van der Waals surface area contributed by atoms with Gasteiger partial charge in [0.2, 0.25) is 11.8 Å². The highest BCUT2D eigenvalue weighted by Crippen LogP contribution is 2.21. The third-order valence-electron chi connectivity index (χ3n) is 3.36. The van der Waals surface area contributed by atoms with E-state index in [2.05, 4.69) is 5.32 Å². The van der Waals surface area contributed by atoms with Crippen molar-refractivity contribution in [2.24, 2.45) is 0 Å². The van der Waals surface area contributed by atoms with E-state index in [4.69, 9.17) is 9.84 Å². The first kappa shape index (κ1) is 13.0. The van der Waals surface area contributed by atoms with Gasteiger partial charge in [0, 0.05) is 6.54 Å². The molecule has 0 bridgehead atoms. The Bertz CT molecular complexity index is 384. The Morgan fingerprint density at radius 3 is 2.83 bits per heavy atom. The Morgan fingerprint density at radius 2 is 2.22 bits per heavy atom. The van der Waals surface area contributed by atoms with Gasteiger partial charge in [-0.3, -0.25) is 19.8 Å². The molecule has 18 heavy (non-hydrogen) atoms. The molecule has 0 saturated carbocycles. The zero-order chi connectivity index (χ0) is 13.3. The predicted molar refractivity (Wildman–Crippen MR) is 59.7 cm³/mol. The molecule has 2 saturated heterocycles. The minimum absolute atomic E-state index is 0.143. The number of ether oxygens (including phenoxy) is 1. The van der Waals surface area contributed by atoms with Crippen LogP contribution in [0.1, 0.15) is 19.8 Å². The zero-order valence-corrected chi connectivity index (χ0v) is 10.1. The van der Waals surface area contributed by atoms with Crippen molar-refractivity contribution in [1.29, 1.82) is 0 Å². The van der Waals surface area contributed by atoms with Crippen molar-refractivity contribution in [3.63, 3.8) is 0 Å². The lowest BCUT2D eigenvalue weighted by Crippen LogP contribution is -2.58. The summed E-state index contributed by atoms with van der Waals surface area (Å²) < 4.78 is 5.36. The molecule has 2 aliphatic heterocycles. The van der Waals surface area contributed by atoms with Crippen LogP contribution in [0.3, 0.4) is 0 Å². The topological polar surface area (TPSA) is 95.9 Å². The molecule has 2 amide bonds. The first-order chi connectivity index (χ1) is 8.47. The molecule has 2 N–H and O–H groups in total. The summed E-state index contributed by atoms with van der Waals surface area (Å²) >= 11 is 0. The number of piperazine rings is 1. The van der Waals surface area contributed by atoms with E-state index in [0.717, 1.165) is 0 Å². The number of carbonyl (C=O) groups is 3. The summed E-state index contributed by atoms with van der Waals surface area (Å²) in [6.45, 7) is 2.26. The smallest absolute Gasteiger partial charge is 0.332 e. The summed E-state index contributed by atoms with van der Waals surface area (Å²) in [5, 5.41) is 11.1. The van der Waals surface area contributed by atoms with E-state index in [1.807, 2.05) is 0 Å². The normalized spacial score (nSPS) is 33.5. The van der Waals surface area contributed by atoms with Gasteiger partial charge in [-0.2, -0.15) is 0 Å². The van der Waals surface area contributed by atoms with E-state index in [0.29, 0.717) is 19.4 Å². The second-order valence-corrected chi connectivity index (χ2v) is 4.68. The summed E-state index contributed by atoms with van der Waals surface area (Å²) in [6.07, 6.45) is 0.116. The van der Waals surface area contributed by atoms with Crippen molar-refractivity contribution in [3.8, 4) is 0 Å². The number of aliphatic carboxylic acids is 1. The van der Waals surface area contributed by atoms with Gasteiger partial charge in [0.15, 0.2) is 6.10 Å². The number of carboxylic acid groups (broad SMARTS) is 1. The van der Waals surface area contributed by atoms with Crippen LogP contribution >= 0.6 is 0 Å². The minimum Gasteiger partial charge on any atom is -0.479 e. The molecule has 0 aromatic rings. The average Bonchev–Trinajstić information content (AvgIpc) is 2.74. The van der Waals surface area contributed by atoms with Gasteiger partial charge in [-0.05, 0) is 19.8 Å². The molecule has 0 radical (unpaired) electrons. The highest BCUT2D eigenvalue weighted by molar-refractivity contribution is 6.00. The van der Waals surface area contributed by atoms with E-state index in [1.165, 1.54) is 0 Å². The molecule has 2 rings (SSSR count). The van der Waals surface area contributed by atoms with Crippen molar-refractivity contribution >= 4 is 17.8 Å². The minimum atomic E-state index is -0.960. The summed E-state index contributed by atoms with van der Waals surface area (Å²) in [7, 11) is 0. The Balaban J connectivity index is 1.91. The quantitative estimate of drug-likeness (QED) is 0.626. The average molecular weight is 256 g/mol. The fraction of sp³-hybridized carbons (Fsp3) is 0.727. The number of nitrogens with zero attached hydrogens (tertiary/aromatic N) is 1. The summed E-state index contributed by atoms with van der Waals surface area (Å²) in [6, 6.07) is -0.393. The molecule has 3 atom stereocenters. The zero-order valence-electron chi connectivity index (χ0n) is 10.1. The number of nitrogens with one attached hydrogen (secondary N) is 1. The summed E-state index contributed by atoms with van der Waals surface area (Å²) in [5.74, 6) is -1.61. The number of amides is 2. The molecule has 0 aromatic carbocycles. The van der Waals surface area contributed by atoms with Gasteiger partial charge in [-0.25, -0.2) is 4.79 Å². The SMILES string of the molecule is CC1C(=O)NC(=O)CN1CC1CCC(C(=O)O)O1. The van der Waals surface area contributed by atoms with Crippen LogP contribution < -0.4 is 5.32 Å². The van der Waals surface area contributed by atoms with Gasteiger partial charge >= 0.3 is 5.97 Å². The maximum atomic E-state index is 11.5. The largest absolute Gasteiger partial charge is 0.479 e. The number of rotatable bonds is 3. The lowest BCUT2D eigenvalue weighted by atomic mass is 10.1. The first-order valence-electron chi connectivity index (χ1n) is 5.93. The third kappa shape index (κ3) is 2.68. The van der Waals surface area contributed by atoms with Crippen LogP contribution in [0.5, 0.6) is 0 Å². The number of hydrogen-bond acceptors (Lipinski definition) is 5. The molecular weight excluding hydrogens is 240 g/mol. The highest BCUT2D eigenvalue weighted by Gasteiger charge is 2.36. The number of hydrogen-bond donors (Lipinski definition) is 2. The molecule has 100 valence electrons. The Hall–Kier alpha value is -1.47. The molecule has 0 aliphatic carbocycles. The van der Waals surface area contributed by atoms with Gasteiger partial charge in [-0.15, -0.1) is 0 Å². The first-order valence-corrected chi connectivity index (χ1v) is 5.93. The van der Waals surface area contributed by atoms with Crippen LogP contribution in [0, 0.1) is 0 Å². The van der Waals surface area contributed by atoms with Crippen LogP contribution in [-0.4, -0.2) is 59.1 Å². The second kappa shape index (κ2) is 5.03. The van der Waals surface area contributed by atoms with Gasteiger partial charge in [0.1, 0.15) is 0 Å². The summed E-state index contributed by atoms with van der Waals surface area (Å²) in [5.41, 5.74) is 0. The van der Waals surface area contributed by atoms with Crippen LogP contribution in [-0.2, 0) is 19.1 Å². The predicted octanol–water partition coefficient (Wildman–Crippen LogP) is -1.03. The Kier molecular flexibility index (Phi) is 3.63. The van der Waals surface area contributed by atoms with E-state index >= 15 is 0 Å². The molecular formula is C11H16N2O5. The number of imide groups is 1. The summed E-state index contributed by atoms with van der Waals surface area (Å²) in [4.78, 5) is 35.2. The second-order valence-electron chi connectivity index (χ2n) is 4.68. The van der Waals surface area contributed by atoms with Crippen molar-refractivity contribution in [3.05, 3.63) is 0 Å². The van der Waals surface area contributed by atoms with Gasteiger partial charge in [-0.1, -0.05) is 0 Å². The lowest BCUT2D eigenvalue weighted by Gasteiger charge is -2.33. The van der Waals surface area contributed by atoms with E-state index in [-0.39, 0.29) is 24.5 Å². The number of carbonyl (C=O) groups excluding carboxylic acids is 2. The van der Waals surface area contributed by atoms with Crippen LogP contribution in [0.2, 0.25) is 0 Å². The Morgan fingerprint density at radius 1 is 1.50 bits per heavy atom. The molecule has 3 unspecified atom stereocenters. The lowest BCUT2D eigenvalue weighted by molar-refractivity contribution is -0.151. The van der Waals surface area contributed by atoms with Gasteiger partial charge in [0.05, 0.1) is 18.7 Å². The third-order valence-corrected chi connectivity index (χ3v) is 3.36. The van der Waals surface area contributed by atoms with Crippen molar-refractivity contribution in [1.82, 2.24) is 10.2 Å². The molecule has 2 aliphatic rings. The van der Waals surface area contributed by atoms with E-state index < -0.39 is 18.1 Å². The molecule has 2 fully saturated rings. The van der Waals surface area contributed by atoms with Gasteiger partial charge < -0.3 is 9.84 Å². The van der Waals surface area contributed by atoms with E-state index in [9.17, 15) is 14.4 Å². The van der Waals surface area contributed by atoms with Crippen LogP contribution in [0.15, 0.2) is 0 Å². The van der Waals surface area contributed by atoms with Crippen LogP contribution in [0.4, 0.5) is 0 Å². The molecule has 2 heterocycles. The maximum absolute atomic E-state index is 11.5. The van der Waals surface area contributed by atoms with E-state index in [1.54, 1.807) is 11.8 Å². The maximum Gasteiger partial charge on any atom is 0.332 e. The highest BCUT2D eigenvalue weighted by atomic mass is 16.5.